The number of nitrogens with one attached hydrogen (secondary N) is 2. The summed E-state index contributed by atoms with van der Waals surface area (Å²) >= 11 is 0. The van der Waals surface area contributed by atoms with E-state index in [1.165, 1.54) is 0 Å². The maximum atomic E-state index is 11.6. The van der Waals surface area contributed by atoms with Crippen LogP contribution in [0, 0.1) is 11.8 Å². The molecule has 0 saturated carbocycles. The van der Waals surface area contributed by atoms with Crippen LogP contribution in [0.3, 0.4) is 0 Å². The number of carbonyl (C=O) groups is 2. The first-order chi connectivity index (χ1) is 7.09. The Balaban J connectivity index is 2.24. The predicted octanol–water partition coefficient (Wildman–Crippen LogP) is -0.776. The molecule has 0 aromatic rings. The van der Waals surface area contributed by atoms with Crippen molar-refractivity contribution in [3.63, 3.8) is 0 Å². The van der Waals surface area contributed by atoms with Crippen LogP contribution < -0.4 is 16.4 Å². The summed E-state index contributed by atoms with van der Waals surface area (Å²) in [5, 5.41) is 5.94. The Kier molecular flexibility index (Phi) is 4.55. The van der Waals surface area contributed by atoms with Crippen molar-refractivity contribution in [2.45, 2.75) is 19.8 Å². The van der Waals surface area contributed by atoms with Crippen molar-refractivity contribution in [1.29, 1.82) is 0 Å². The molecule has 0 radical (unpaired) electrons. The lowest BCUT2D eigenvalue weighted by Crippen LogP contribution is -2.43. The monoisotopic (exact) mass is 213 g/mol. The Morgan fingerprint density at radius 1 is 1.47 bits per heavy atom. The third-order valence-corrected chi connectivity index (χ3v) is 2.61. The second-order valence-electron chi connectivity index (χ2n) is 4.20. The highest BCUT2D eigenvalue weighted by atomic mass is 16.2. The fourth-order valence-electron chi connectivity index (χ4n) is 1.81. The van der Waals surface area contributed by atoms with Crippen molar-refractivity contribution in [3.8, 4) is 0 Å². The molecule has 0 aliphatic carbocycles. The fraction of sp³-hybridized carbons (Fsp3) is 0.800. The van der Waals surface area contributed by atoms with Crippen molar-refractivity contribution < 1.29 is 9.59 Å². The maximum Gasteiger partial charge on any atom is 0.224 e. The molecule has 1 heterocycles. The molecule has 5 heteroatoms. The molecule has 0 aromatic carbocycles. The number of piperidine rings is 1. The quantitative estimate of drug-likeness (QED) is 0.573. The van der Waals surface area contributed by atoms with E-state index in [1.54, 1.807) is 0 Å². The molecule has 1 aliphatic heterocycles. The number of carbonyl (C=O) groups excluding carboxylic acids is 2. The van der Waals surface area contributed by atoms with Gasteiger partial charge in [-0.1, -0.05) is 6.92 Å². The van der Waals surface area contributed by atoms with Gasteiger partial charge in [-0.05, 0) is 18.9 Å². The van der Waals surface area contributed by atoms with Gasteiger partial charge in [0, 0.05) is 19.5 Å². The number of primary amides is 1. The second kappa shape index (κ2) is 5.70. The molecular formula is C10H19N3O2. The van der Waals surface area contributed by atoms with Gasteiger partial charge in [0.05, 0.1) is 5.92 Å². The minimum Gasteiger partial charge on any atom is -0.370 e. The van der Waals surface area contributed by atoms with Crippen molar-refractivity contribution in [3.05, 3.63) is 0 Å². The Bertz CT molecular complexity index is 243. The summed E-state index contributed by atoms with van der Waals surface area (Å²) in [6, 6.07) is 0. The van der Waals surface area contributed by atoms with E-state index in [2.05, 4.69) is 17.6 Å². The normalized spacial score (nSPS) is 25.9. The van der Waals surface area contributed by atoms with E-state index in [1.807, 2.05) is 0 Å². The summed E-state index contributed by atoms with van der Waals surface area (Å²) in [6.45, 7) is 4.17. The highest BCUT2D eigenvalue weighted by molar-refractivity contribution is 5.80. The molecule has 4 N–H and O–H groups in total. The maximum absolute atomic E-state index is 11.6. The third-order valence-electron chi connectivity index (χ3n) is 2.61. The molecule has 5 nitrogen and oxygen atoms in total. The highest BCUT2D eigenvalue weighted by Gasteiger charge is 2.24. The first-order valence-corrected chi connectivity index (χ1v) is 5.36. The van der Waals surface area contributed by atoms with E-state index in [9.17, 15) is 9.59 Å². The number of hydrogen-bond acceptors (Lipinski definition) is 3. The molecule has 2 unspecified atom stereocenters. The van der Waals surface area contributed by atoms with Crippen LogP contribution in [0.4, 0.5) is 0 Å². The van der Waals surface area contributed by atoms with Gasteiger partial charge >= 0.3 is 0 Å². The topological polar surface area (TPSA) is 84.2 Å². The van der Waals surface area contributed by atoms with Crippen LogP contribution in [0.1, 0.15) is 19.8 Å². The third kappa shape index (κ3) is 4.29. The van der Waals surface area contributed by atoms with Gasteiger partial charge < -0.3 is 16.4 Å². The SMILES string of the molecule is CC1CNCC(C(=O)NCCC(N)=O)C1. The number of hydrogen-bond donors (Lipinski definition) is 3. The highest BCUT2D eigenvalue weighted by Crippen LogP contribution is 2.15. The van der Waals surface area contributed by atoms with E-state index in [-0.39, 0.29) is 24.2 Å². The molecule has 1 aliphatic rings. The van der Waals surface area contributed by atoms with Crippen LogP contribution in [0.15, 0.2) is 0 Å². The largest absolute Gasteiger partial charge is 0.370 e. The van der Waals surface area contributed by atoms with E-state index in [0.29, 0.717) is 12.5 Å². The van der Waals surface area contributed by atoms with Crippen LogP contribution in [-0.2, 0) is 9.59 Å². The summed E-state index contributed by atoms with van der Waals surface area (Å²) in [6.07, 6.45) is 1.12. The van der Waals surface area contributed by atoms with Gasteiger partial charge in [-0.25, -0.2) is 0 Å². The number of amides is 2. The van der Waals surface area contributed by atoms with E-state index in [0.717, 1.165) is 19.5 Å². The lowest BCUT2D eigenvalue weighted by atomic mass is 9.91. The van der Waals surface area contributed by atoms with Gasteiger partial charge in [-0.3, -0.25) is 9.59 Å². The zero-order valence-electron chi connectivity index (χ0n) is 9.08. The molecule has 0 spiro atoms. The minimum absolute atomic E-state index is 0.0234. The molecule has 15 heavy (non-hydrogen) atoms. The van der Waals surface area contributed by atoms with Crippen molar-refractivity contribution in [2.75, 3.05) is 19.6 Å². The van der Waals surface area contributed by atoms with E-state index < -0.39 is 0 Å². The Hall–Kier alpha value is -1.10. The number of nitrogens with two attached hydrogens (primary N) is 1. The Morgan fingerprint density at radius 3 is 2.80 bits per heavy atom. The van der Waals surface area contributed by atoms with Crippen LogP contribution in [0.25, 0.3) is 0 Å². The van der Waals surface area contributed by atoms with E-state index in [4.69, 9.17) is 5.73 Å². The van der Waals surface area contributed by atoms with Crippen molar-refractivity contribution >= 4 is 11.8 Å². The summed E-state index contributed by atoms with van der Waals surface area (Å²) in [5.41, 5.74) is 4.98. The molecule has 1 saturated heterocycles. The number of rotatable bonds is 4. The molecule has 1 rings (SSSR count). The predicted molar refractivity (Wildman–Crippen MR) is 57.0 cm³/mol. The first-order valence-electron chi connectivity index (χ1n) is 5.36. The first kappa shape index (κ1) is 12.0. The molecule has 2 atom stereocenters. The van der Waals surface area contributed by atoms with E-state index >= 15 is 0 Å². The van der Waals surface area contributed by atoms with Gasteiger partial charge in [0.2, 0.25) is 11.8 Å². The Morgan fingerprint density at radius 2 is 2.20 bits per heavy atom. The smallest absolute Gasteiger partial charge is 0.224 e. The summed E-state index contributed by atoms with van der Waals surface area (Å²) in [5.74, 6) is 0.202. The summed E-state index contributed by atoms with van der Waals surface area (Å²) in [7, 11) is 0. The summed E-state index contributed by atoms with van der Waals surface area (Å²) < 4.78 is 0. The van der Waals surface area contributed by atoms with Gasteiger partial charge in [0.1, 0.15) is 0 Å². The molecule has 0 bridgehead atoms. The van der Waals surface area contributed by atoms with Crippen molar-refractivity contribution in [1.82, 2.24) is 10.6 Å². The van der Waals surface area contributed by atoms with Gasteiger partial charge in [0.25, 0.3) is 0 Å². The molecule has 2 amide bonds. The second-order valence-corrected chi connectivity index (χ2v) is 4.20. The zero-order chi connectivity index (χ0) is 11.3. The molecular weight excluding hydrogens is 194 g/mol. The summed E-state index contributed by atoms with van der Waals surface area (Å²) in [4.78, 5) is 22.1. The van der Waals surface area contributed by atoms with Crippen LogP contribution in [-0.4, -0.2) is 31.4 Å². The van der Waals surface area contributed by atoms with Gasteiger partial charge in [-0.15, -0.1) is 0 Å². The lowest BCUT2D eigenvalue weighted by molar-refractivity contribution is -0.126. The lowest BCUT2D eigenvalue weighted by Gasteiger charge is -2.26. The van der Waals surface area contributed by atoms with Crippen molar-refractivity contribution in [2.24, 2.45) is 17.6 Å². The standard InChI is InChI=1S/C10H19N3O2/c1-7-4-8(6-12-5-7)10(15)13-3-2-9(11)14/h7-8,12H,2-6H2,1H3,(H2,11,14)(H,13,15). The minimum atomic E-state index is -0.384. The van der Waals surface area contributed by atoms with Gasteiger partial charge in [0.15, 0.2) is 0 Å². The molecule has 1 fully saturated rings. The van der Waals surface area contributed by atoms with Crippen LogP contribution in [0.5, 0.6) is 0 Å². The fourth-order valence-corrected chi connectivity index (χ4v) is 1.81. The van der Waals surface area contributed by atoms with Crippen LogP contribution in [0.2, 0.25) is 0 Å². The average Bonchev–Trinajstić information content (AvgIpc) is 2.17. The van der Waals surface area contributed by atoms with Crippen LogP contribution >= 0.6 is 0 Å². The molecule has 86 valence electrons. The zero-order valence-corrected chi connectivity index (χ0v) is 9.08. The average molecular weight is 213 g/mol. The Labute approximate surface area is 89.8 Å². The van der Waals surface area contributed by atoms with Gasteiger partial charge in [-0.2, -0.15) is 0 Å². The molecule has 0 aromatic heterocycles.